The predicted octanol–water partition coefficient (Wildman–Crippen LogP) is 1.78. The van der Waals surface area contributed by atoms with Crippen LogP contribution in [0.15, 0.2) is 10.7 Å². The molecule has 0 unspecified atom stereocenters. The first-order valence-corrected chi connectivity index (χ1v) is 9.40. The average molecular weight is 359 g/mol. The van der Waals surface area contributed by atoms with Crippen LogP contribution in [-0.4, -0.2) is 48.5 Å². The molecule has 1 aliphatic heterocycles. The highest BCUT2D eigenvalue weighted by Crippen LogP contribution is 2.31. The molecular formula is C17H25N7O2. The molecule has 3 heterocycles. The van der Waals surface area contributed by atoms with E-state index in [-0.39, 0.29) is 24.0 Å². The molecule has 0 radical (unpaired) electrons. The van der Waals surface area contributed by atoms with Gasteiger partial charge in [-0.25, -0.2) is 4.68 Å². The predicted molar refractivity (Wildman–Crippen MR) is 92.2 cm³/mol. The highest BCUT2D eigenvalue weighted by molar-refractivity contribution is 5.92. The molecule has 9 heteroatoms. The van der Waals surface area contributed by atoms with Gasteiger partial charge in [0.15, 0.2) is 11.5 Å². The third kappa shape index (κ3) is 3.35. The minimum atomic E-state index is -0.185. The maximum Gasteiger partial charge on any atom is 0.276 e. The molecule has 2 aromatic heterocycles. The van der Waals surface area contributed by atoms with Gasteiger partial charge in [-0.1, -0.05) is 10.4 Å². The Hall–Kier alpha value is -2.29. The molecule has 1 saturated carbocycles. The number of hydrogen-bond donors (Lipinski definition) is 1. The normalized spacial score (nSPS) is 26.8. The summed E-state index contributed by atoms with van der Waals surface area (Å²) < 4.78 is 7.15. The van der Waals surface area contributed by atoms with Crippen LogP contribution in [0.1, 0.15) is 79.2 Å². The zero-order valence-corrected chi connectivity index (χ0v) is 15.0. The molecular weight excluding hydrogens is 334 g/mol. The summed E-state index contributed by atoms with van der Waals surface area (Å²) in [5.74, 6) is 0.966. The van der Waals surface area contributed by atoms with Gasteiger partial charge < -0.3 is 15.2 Å². The topological polar surface area (TPSA) is 116 Å². The van der Waals surface area contributed by atoms with Gasteiger partial charge in [-0.05, 0) is 51.9 Å². The van der Waals surface area contributed by atoms with E-state index in [2.05, 4.69) is 20.5 Å². The van der Waals surface area contributed by atoms with Crippen molar-refractivity contribution < 1.29 is 9.32 Å². The van der Waals surface area contributed by atoms with Crippen LogP contribution in [0.5, 0.6) is 0 Å². The van der Waals surface area contributed by atoms with Gasteiger partial charge in [0, 0.05) is 12.6 Å². The van der Waals surface area contributed by atoms with Crippen LogP contribution in [0.2, 0.25) is 0 Å². The lowest BCUT2D eigenvalue weighted by Gasteiger charge is -2.32. The van der Waals surface area contributed by atoms with Gasteiger partial charge in [-0.15, -0.1) is 5.10 Å². The summed E-state index contributed by atoms with van der Waals surface area (Å²) in [6, 6.07) is 0.373. The second kappa shape index (κ2) is 7.14. The minimum absolute atomic E-state index is 0.121. The van der Waals surface area contributed by atoms with E-state index >= 15 is 0 Å². The summed E-state index contributed by atoms with van der Waals surface area (Å²) in [6.45, 7) is 2.44. The highest BCUT2D eigenvalue weighted by atomic mass is 16.5. The van der Waals surface area contributed by atoms with Crippen molar-refractivity contribution in [2.24, 2.45) is 5.73 Å². The molecule has 9 nitrogen and oxygen atoms in total. The second-order valence-electron chi connectivity index (χ2n) is 7.34. The molecule has 1 atom stereocenters. The van der Waals surface area contributed by atoms with E-state index in [4.69, 9.17) is 10.3 Å². The zero-order valence-electron chi connectivity index (χ0n) is 15.0. The SMILES string of the molecule is Cc1noc([C@H]2CCCCN2C(=O)c2cn(C3CCC(N)CC3)nn2)n1. The molecule has 2 aliphatic rings. The Morgan fingerprint density at radius 3 is 2.77 bits per heavy atom. The van der Waals surface area contributed by atoms with Gasteiger partial charge in [0.2, 0.25) is 5.89 Å². The Balaban J connectivity index is 1.51. The average Bonchev–Trinajstić information content (AvgIpc) is 3.31. The molecule has 26 heavy (non-hydrogen) atoms. The summed E-state index contributed by atoms with van der Waals surface area (Å²) in [5.41, 5.74) is 6.35. The Labute approximate surface area is 151 Å². The Morgan fingerprint density at radius 2 is 2.04 bits per heavy atom. The summed E-state index contributed by atoms with van der Waals surface area (Å²) in [6.07, 6.45) is 8.51. The Bertz CT molecular complexity index is 763. The number of nitrogens with zero attached hydrogens (tertiary/aromatic N) is 6. The van der Waals surface area contributed by atoms with Gasteiger partial charge in [0.05, 0.1) is 12.2 Å². The van der Waals surface area contributed by atoms with Crippen LogP contribution < -0.4 is 5.73 Å². The zero-order chi connectivity index (χ0) is 18.1. The van der Waals surface area contributed by atoms with Crippen LogP contribution >= 0.6 is 0 Å². The molecule has 1 aliphatic carbocycles. The molecule has 0 aromatic carbocycles. The van der Waals surface area contributed by atoms with E-state index in [0.29, 0.717) is 24.0 Å². The Kier molecular flexibility index (Phi) is 4.71. The van der Waals surface area contributed by atoms with E-state index in [0.717, 1.165) is 44.9 Å². The van der Waals surface area contributed by atoms with Crippen molar-refractivity contribution in [2.45, 2.75) is 70.0 Å². The lowest BCUT2D eigenvalue weighted by molar-refractivity contribution is 0.0555. The van der Waals surface area contributed by atoms with Crippen LogP contribution in [0.3, 0.4) is 0 Å². The molecule has 140 valence electrons. The quantitative estimate of drug-likeness (QED) is 0.888. The van der Waals surface area contributed by atoms with Crippen molar-refractivity contribution in [3.8, 4) is 0 Å². The number of amides is 1. The molecule has 1 saturated heterocycles. The third-order valence-corrected chi connectivity index (χ3v) is 5.44. The van der Waals surface area contributed by atoms with Crippen LogP contribution in [-0.2, 0) is 0 Å². The number of aryl methyl sites for hydroxylation is 1. The van der Waals surface area contributed by atoms with Gasteiger partial charge in [-0.2, -0.15) is 4.98 Å². The fourth-order valence-corrected chi connectivity index (χ4v) is 3.95. The lowest BCUT2D eigenvalue weighted by Crippen LogP contribution is -2.38. The summed E-state index contributed by atoms with van der Waals surface area (Å²) >= 11 is 0. The molecule has 0 spiro atoms. The van der Waals surface area contributed by atoms with Crippen molar-refractivity contribution in [2.75, 3.05) is 6.54 Å². The van der Waals surface area contributed by atoms with E-state index in [9.17, 15) is 4.79 Å². The number of carbonyl (C=O) groups is 1. The first kappa shape index (κ1) is 17.1. The molecule has 4 rings (SSSR count). The molecule has 2 fully saturated rings. The van der Waals surface area contributed by atoms with Crippen molar-refractivity contribution >= 4 is 5.91 Å². The van der Waals surface area contributed by atoms with Gasteiger partial charge in [-0.3, -0.25) is 4.79 Å². The third-order valence-electron chi connectivity index (χ3n) is 5.44. The van der Waals surface area contributed by atoms with Crippen LogP contribution in [0.4, 0.5) is 0 Å². The summed E-state index contributed by atoms with van der Waals surface area (Å²) in [4.78, 5) is 19.2. The van der Waals surface area contributed by atoms with Gasteiger partial charge in [0.1, 0.15) is 6.04 Å². The highest BCUT2D eigenvalue weighted by Gasteiger charge is 2.34. The molecule has 0 bridgehead atoms. The summed E-state index contributed by atoms with van der Waals surface area (Å²) in [7, 11) is 0. The first-order valence-electron chi connectivity index (χ1n) is 9.40. The summed E-state index contributed by atoms with van der Waals surface area (Å²) in [5, 5.41) is 12.2. The number of piperidine rings is 1. The monoisotopic (exact) mass is 359 g/mol. The van der Waals surface area contributed by atoms with Crippen molar-refractivity contribution in [1.29, 1.82) is 0 Å². The fraction of sp³-hybridized carbons (Fsp3) is 0.706. The van der Waals surface area contributed by atoms with Gasteiger partial charge in [0.25, 0.3) is 5.91 Å². The largest absolute Gasteiger partial charge is 0.337 e. The number of likely N-dealkylation sites (tertiary alicyclic amines) is 1. The molecule has 1 amide bonds. The van der Waals surface area contributed by atoms with E-state index in [1.54, 1.807) is 18.0 Å². The lowest BCUT2D eigenvalue weighted by atomic mass is 9.92. The first-order chi connectivity index (χ1) is 12.6. The maximum atomic E-state index is 13.0. The minimum Gasteiger partial charge on any atom is -0.337 e. The number of nitrogens with two attached hydrogens (primary N) is 1. The standard InChI is InChI=1S/C17H25N7O2/c1-11-19-16(26-21-11)15-4-2-3-9-23(15)17(25)14-10-24(22-20-14)13-7-5-12(18)6-8-13/h10,12-13,15H,2-9,18H2,1H3/t12?,13?,15-/m1/s1. The Morgan fingerprint density at radius 1 is 1.23 bits per heavy atom. The maximum absolute atomic E-state index is 13.0. The van der Waals surface area contributed by atoms with Crippen molar-refractivity contribution in [1.82, 2.24) is 30.0 Å². The molecule has 2 N–H and O–H groups in total. The van der Waals surface area contributed by atoms with E-state index < -0.39 is 0 Å². The van der Waals surface area contributed by atoms with Crippen LogP contribution in [0.25, 0.3) is 0 Å². The second-order valence-corrected chi connectivity index (χ2v) is 7.34. The molecule has 2 aromatic rings. The van der Waals surface area contributed by atoms with E-state index in [1.165, 1.54) is 0 Å². The van der Waals surface area contributed by atoms with Crippen molar-refractivity contribution in [3.63, 3.8) is 0 Å². The number of rotatable bonds is 3. The van der Waals surface area contributed by atoms with Gasteiger partial charge >= 0.3 is 0 Å². The number of carbonyl (C=O) groups excluding carboxylic acids is 1. The fourth-order valence-electron chi connectivity index (χ4n) is 3.95. The number of aromatic nitrogens is 5. The van der Waals surface area contributed by atoms with E-state index in [1.807, 2.05) is 4.68 Å². The van der Waals surface area contributed by atoms with Crippen LogP contribution in [0, 0.1) is 6.92 Å². The number of hydrogen-bond acceptors (Lipinski definition) is 7. The van der Waals surface area contributed by atoms with Crippen molar-refractivity contribution in [3.05, 3.63) is 23.6 Å². The smallest absolute Gasteiger partial charge is 0.276 e.